The molecule has 4 aromatic rings. The van der Waals surface area contributed by atoms with Gasteiger partial charge in [0, 0.05) is 47.4 Å². The minimum Gasteiger partial charge on any atom is -0.372 e. The second kappa shape index (κ2) is 13.2. The number of thiazole rings is 1. The molecule has 0 saturated carbocycles. The van der Waals surface area contributed by atoms with Crippen molar-refractivity contribution in [3.05, 3.63) is 103 Å². The Balaban J connectivity index is 1.37. The molecule has 2 aliphatic rings. The van der Waals surface area contributed by atoms with E-state index in [1.165, 1.54) is 53.1 Å². The Kier molecular flexibility index (Phi) is 9.19. The first-order valence-electron chi connectivity index (χ1n) is 15.1. The lowest BCUT2D eigenvalue weighted by molar-refractivity contribution is -0.384. The number of benzene rings is 3. The fourth-order valence-corrected chi connectivity index (χ4v) is 9.43. The number of nitrogens with two attached hydrogens (primary N) is 1. The molecule has 14 nitrogen and oxygen atoms in total. The zero-order valence-electron chi connectivity index (χ0n) is 26.1. The highest BCUT2D eigenvalue weighted by molar-refractivity contribution is 8.00. The van der Waals surface area contributed by atoms with Crippen LogP contribution in [0.15, 0.2) is 87.5 Å². The second-order valence-electron chi connectivity index (χ2n) is 11.3. The average molecular weight is 723 g/mol. The van der Waals surface area contributed by atoms with Crippen LogP contribution < -0.4 is 25.1 Å². The zero-order chi connectivity index (χ0) is 35.2. The van der Waals surface area contributed by atoms with Crippen LogP contribution in [-0.4, -0.2) is 54.0 Å². The van der Waals surface area contributed by atoms with E-state index in [1.807, 2.05) is 38.1 Å². The predicted octanol–water partition coefficient (Wildman–Crippen LogP) is 3.75. The van der Waals surface area contributed by atoms with E-state index in [2.05, 4.69) is 10.2 Å². The Bertz CT molecular complexity index is 2130. The van der Waals surface area contributed by atoms with Crippen molar-refractivity contribution >= 4 is 73.6 Å². The maximum absolute atomic E-state index is 14.1. The topological polar surface area (TPSA) is 195 Å². The predicted molar refractivity (Wildman–Crippen MR) is 186 cm³/mol. The third-order valence-corrected chi connectivity index (χ3v) is 12.1. The number of nitrogens with one attached hydrogen (secondary N) is 1. The molecule has 1 fully saturated rings. The first kappa shape index (κ1) is 34.0. The summed E-state index contributed by atoms with van der Waals surface area (Å²) in [6.07, 6.45) is 0. The molecular formula is C32H30N6O8S3. The van der Waals surface area contributed by atoms with E-state index in [-0.39, 0.29) is 22.0 Å². The molecule has 3 N–H and O–H groups in total. The minimum absolute atomic E-state index is 0.130. The van der Waals surface area contributed by atoms with Gasteiger partial charge in [0.2, 0.25) is 27.7 Å². The van der Waals surface area contributed by atoms with Gasteiger partial charge in [0.1, 0.15) is 11.8 Å². The molecule has 3 aromatic carbocycles. The summed E-state index contributed by atoms with van der Waals surface area (Å²) in [5.74, 6) is -3.19. The number of hydrogen-bond donors (Lipinski definition) is 2. The van der Waals surface area contributed by atoms with Crippen LogP contribution in [0, 0.1) is 16.0 Å². The normalized spacial score (nSPS) is 18.6. The molecular weight excluding hydrogens is 693 g/mol. The van der Waals surface area contributed by atoms with Crippen molar-refractivity contribution in [1.82, 2.24) is 4.57 Å². The van der Waals surface area contributed by atoms with E-state index in [4.69, 9.17) is 5.14 Å². The molecule has 0 spiro atoms. The lowest BCUT2D eigenvalue weighted by Crippen LogP contribution is -2.33. The smallest absolute Gasteiger partial charge is 0.308 e. The molecule has 254 valence electrons. The number of anilines is 3. The van der Waals surface area contributed by atoms with E-state index in [0.717, 1.165) is 46.8 Å². The summed E-state index contributed by atoms with van der Waals surface area (Å²) in [7, 11) is -3.93. The standard InChI is InChI=1S/C32H30N6O8S3/c1-3-35(4-2)20-9-5-18(6-10-20)25-26-27(30(41)37(29(26)40)21-11-13-22(14-12-21)38(43)44)47-31-28(25)48-32(42)36(31)17-24(39)34-19-7-15-23(16-8-19)49(33,45)46/h5-16,25-27H,3-4,17H2,1-2H3,(H,34,39)(H2,33,45,46)/t25-,26?,27?/m1/s1. The zero-order valence-corrected chi connectivity index (χ0v) is 28.6. The fraction of sp³-hybridized carbons (Fsp3) is 0.250. The number of aromatic nitrogens is 1. The van der Waals surface area contributed by atoms with Crippen molar-refractivity contribution in [2.24, 2.45) is 11.1 Å². The number of thioether (sulfide) groups is 1. The van der Waals surface area contributed by atoms with Crippen molar-refractivity contribution in [3.63, 3.8) is 0 Å². The van der Waals surface area contributed by atoms with Crippen molar-refractivity contribution < 1.29 is 27.7 Å². The molecule has 0 radical (unpaired) electrons. The van der Waals surface area contributed by atoms with Gasteiger partial charge in [-0.3, -0.25) is 33.9 Å². The number of carbonyl (C=O) groups is 3. The van der Waals surface area contributed by atoms with Gasteiger partial charge in [-0.1, -0.05) is 35.2 Å². The van der Waals surface area contributed by atoms with Gasteiger partial charge in [-0.05, 0) is 67.9 Å². The first-order valence-corrected chi connectivity index (χ1v) is 18.4. The van der Waals surface area contributed by atoms with Gasteiger partial charge in [0.15, 0.2) is 0 Å². The molecule has 0 bridgehead atoms. The van der Waals surface area contributed by atoms with E-state index < -0.39 is 61.2 Å². The van der Waals surface area contributed by atoms with Crippen LogP contribution in [-0.2, 0) is 31.0 Å². The summed E-state index contributed by atoms with van der Waals surface area (Å²) in [6.45, 7) is 5.24. The van der Waals surface area contributed by atoms with Gasteiger partial charge < -0.3 is 10.2 Å². The molecule has 17 heteroatoms. The molecule has 1 saturated heterocycles. The van der Waals surface area contributed by atoms with Crippen LogP contribution in [0.25, 0.3) is 0 Å². The summed E-state index contributed by atoms with van der Waals surface area (Å²) in [4.78, 5) is 68.6. The number of non-ortho nitro benzene ring substituents is 1. The molecule has 2 aliphatic heterocycles. The number of nitrogens with zero attached hydrogens (tertiary/aromatic N) is 4. The number of fused-ring (bicyclic) bond motifs is 2. The van der Waals surface area contributed by atoms with E-state index in [0.29, 0.717) is 15.5 Å². The SMILES string of the molecule is CCN(CC)c1ccc([C@H]2c3sc(=O)n(CC(=O)Nc4ccc(S(N)(=O)=O)cc4)c3SC3C(=O)N(c4ccc([N+](=O)[O-])cc4)C(=O)C32)cc1. The highest BCUT2D eigenvalue weighted by Crippen LogP contribution is 2.54. The molecule has 6 rings (SSSR count). The number of rotatable bonds is 10. The number of sulfonamides is 1. The number of carbonyl (C=O) groups excluding carboxylic acids is 3. The molecule has 3 amide bonds. The number of nitro benzene ring substituents is 1. The summed E-state index contributed by atoms with van der Waals surface area (Å²) in [5.41, 5.74) is 1.97. The summed E-state index contributed by atoms with van der Waals surface area (Å²) < 4.78 is 24.5. The van der Waals surface area contributed by atoms with Crippen LogP contribution in [0.1, 0.15) is 30.2 Å². The van der Waals surface area contributed by atoms with Crippen molar-refractivity contribution in [3.8, 4) is 0 Å². The van der Waals surface area contributed by atoms with E-state index >= 15 is 0 Å². The second-order valence-corrected chi connectivity index (χ2v) is 15.0. The maximum atomic E-state index is 14.1. The monoisotopic (exact) mass is 722 g/mol. The van der Waals surface area contributed by atoms with E-state index in [9.17, 15) is 37.7 Å². The third-order valence-electron chi connectivity index (χ3n) is 8.52. The number of hydrogen-bond acceptors (Lipinski definition) is 11. The highest BCUT2D eigenvalue weighted by atomic mass is 32.2. The van der Waals surface area contributed by atoms with Crippen LogP contribution in [0.3, 0.4) is 0 Å². The van der Waals surface area contributed by atoms with E-state index in [1.54, 1.807) is 0 Å². The Morgan fingerprint density at radius 1 is 0.959 bits per heavy atom. The van der Waals surface area contributed by atoms with Crippen molar-refractivity contribution in [1.29, 1.82) is 0 Å². The summed E-state index contributed by atoms with van der Waals surface area (Å²) in [6, 6.07) is 18.0. The quantitative estimate of drug-likeness (QED) is 0.138. The van der Waals surface area contributed by atoms with Crippen LogP contribution in [0.2, 0.25) is 0 Å². The van der Waals surface area contributed by atoms with Gasteiger partial charge in [0.05, 0.1) is 26.5 Å². The molecule has 0 aliphatic carbocycles. The van der Waals surface area contributed by atoms with Gasteiger partial charge in [0.25, 0.3) is 5.69 Å². The Morgan fingerprint density at radius 3 is 2.16 bits per heavy atom. The number of amides is 3. The van der Waals surface area contributed by atoms with Crippen molar-refractivity contribution in [2.45, 2.75) is 41.5 Å². The number of primary sulfonamides is 1. The van der Waals surface area contributed by atoms with Gasteiger partial charge in [-0.15, -0.1) is 0 Å². The minimum atomic E-state index is -3.93. The van der Waals surface area contributed by atoms with Gasteiger partial charge >= 0.3 is 4.87 Å². The maximum Gasteiger partial charge on any atom is 0.308 e. The van der Waals surface area contributed by atoms with Crippen LogP contribution >= 0.6 is 23.1 Å². The van der Waals surface area contributed by atoms with Crippen LogP contribution in [0.5, 0.6) is 0 Å². The number of imide groups is 1. The Hall–Kier alpha value is -4.84. The molecule has 3 heterocycles. The Morgan fingerprint density at radius 2 is 1.59 bits per heavy atom. The third kappa shape index (κ3) is 6.37. The lowest BCUT2D eigenvalue weighted by atomic mass is 9.83. The summed E-state index contributed by atoms with van der Waals surface area (Å²) >= 11 is 1.95. The molecule has 2 unspecified atom stereocenters. The largest absolute Gasteiger partial charge is 0.372 e. The molecule has 1 aromatic heterocycles. The molecule has 3 atom stereocenters. The van der Waals surface area contributed by atoms with Gasteiger partial charge in [-0.2, -0.15) is 0 Å². The van der Waals surface area contributed by atoms with Crippen LogP contribution in [0.4, 0.5) is 22.7 Å². The Labute approximate surface area is 288 Å². The number of nitro groups is 1. The summed E-state index contributed by atoms with van der Waals surface area (Å²) in [5, 5.41) is 18.5. The molecule has 49 heavy (non-hydrogen) atoms. The lowest BCUT2D eigenvalue weighted by Gasteiger charge is -2.31. The van der Waals surface area contributed by atoms with Gasteiger partial charge in [-0.25, -0.2) is 18.5 Å². The highest BCUT2D eigenvalue weighted by Gasteiger charge is 2.56. The average Bonchev–Trinajstić information content (AvgIpc) is 3.51. The fourth-order valence-electron chi connectivity index (χ4n) is 6.15. The van der Waals surface area contributed by atoms with Crippen molar-refractivity contribution in [2.75, 3.05) is 28.2 Å². The first-order chi connectivity index (χ1) is 23.3.